The first-order chi connectivity index (χ1) is 22.6. The second-order valence-electron chi connectivity index (χ2n) is 12.0. The Morgan fingerprint density at radius 3 is 2.13 bits per heavy atom. The molecule has 1 aliphatic rings. The SMILES string of the molecule is Cc1ccc(N(CC(=O)N(Cc2ccc(Br)cc2)[C@H](Cc2ccccc2)C(=O)NC2CCCCC2)S(=O)(=O)c2ccc(F)cc2)cc1. The Morgan fingerprint density at radius 1 is 0.851 bits per heavy atom. The van der Waals surface area contributed by atoms with Gasteiger partial charge < -0.3 is 10.2 Å². The number of sulfonamides is 1. The van der Waals surface area contributed by atoms with Crippen molar-refractivity contribution in [3.63, 3.8) is 0 Å². The lowest BCUT2D eigenvalue weighted by molar-refractivity contribution is -0.140. The lowest BCUT2D eigenvalue weighted by Gasteiger charge is -2.35. The van der Waals surface area contributed by atoms with Crippen molar-refractivity contribution in [3.05, 3.63) is 130 Å². The van der Waals surface area contributed by atoms with Crippen molar-refractivity contribution in [2.24, 2.45) is 0 Å². The Bertz CT molecular complexity index is 1750. The molecule has 2 amide bonds. The van der Waals surface area contributed by atoms with E-state index >= 15 is 0 Å². The van der Waals surface area contributed by atoms with Crippen LogP contribution in [-0.4, -0.2) is 43.8 Å². The fraction of sp³-hybridized carbons (Fsp3) is 0.297. The van der Waals surface area contributed by atoms with E-state index < -0.39 is 34.3 Å². The van der Waals surface area contributed by atoms with Crippen LogP contribution >= 0.6 is 15.9 Å². The summed E-state index contributed by atoms with van der Waals surface area (Å²) in [6.07, 6.45) is 5.19. The number of benzene rings is 4. The lowest BCUT2D eigenvalue weighted by Crippen LogP contribution is -2.55. The smallest absolute Gasteiger partial charge is 0.264 e. The summed E-state index contributed by atoms with van der Waals surface area (Å²) >= 11 is 3.46. The fourth-order valence-corrected chi connectivity index (χ4v) is 7.54. The van der Waals surface area contributed by atoms with Crippen molar-refractivity contribution < 1.29 is 22.4 Å². The van der Waals surface area contributed by atoms with Gasteiger partial charge in [0, 0.05) is 23.5 Å². The second-order valence-corrected chi connectivity index (χ2v) is 14.8. The molecular formula is C37H39BrFN3O4S. The summed E-state index contributed by atoms with van der Waals surface area (Å²) in [5.74, 6) is -1.39. The van der Waals surface area contributed by atoms with Crippen LogP contribution < -0.4 is 9.62 Å². The highest BCUT2D eigenvalue weighted by Crippen LogP contribution is 2.26. The van der Waals surface area contributed by atoms with E-state index in [0.29, 0.717) is 0 Å². The molecule has 47 heavy (non-hydrogen) atoms. The number of hydrogen-bond donors (Lipinski definition) is 1. The average molecular weight is 721 g/mol. The van der Waals surface area contributed by atoms with Crippen molar-refractivity contribution in [3.8, 4) is 0 Å². The number of carbonyl (C=O) groups excluding carboxylic acids is 2. The third-order valence-corrected chi connectivity index (χ3v) is 10.8. The van der Waals surface area contributed by atoms with Crippen LogP contribution in [0.3, 0.4) is 0 Å². The van der Waals surface area contributed by atoms with Gasteiger partial charge in [-0.15, -0.1) is 0 Å². The standard InChI is InChI=1S/C37H39BrFN3O4S/c1-27-12-20-33(21-13-27)42(47(45,46)34-22-18-31(39)19-23-34)26-36(43)41(25-29-14-16-30(38)17-15-29)35(24-28-8-4-2-5-9-28)37(44)40-32-10-6-3-7-11-32/h2,4-5,8-9,12-23,32,35H,3,6-7,10-11,24-26H2,1H3,(H,40,44)/t35-/m1/s1. The highest BCUT2D eigenvalue weighted by atomic mass is 79.9. The molecule has 0 aromatic heterocycles. The number of carbonyl (C=O) groups is 2. The van der Waals surface area contributed by atoms with Crippen molar-refractivity contribution in [1.82, 2.24) is 10.2 Å². The van der Waals surface area contributed by atoms with Gasteiger partial charge in [-0.3, -0.25) is 13.9 Å². The Hall–Kier alpha value is -4.02. The first-order valence-electron chi connectivity index (χ1n) is 15.8. The van der Waals surface area contributed by atoms with E-state index in [2.05, 4.69) is 21.2 Å². The molecule has 0 saturated heterocycles. The van der Waals surface area contributed by atoms with Crippen molar-refractivity contribution in [2.45, 2.75) is 69.0 Å². The van der Waals surface area contributed by atoms with Gasteiger partial charge in [-0.2, -0.15) is 0 Å². The number of anilines is 1. The quantitative estimate of drug-likeness (QED) is 0.168. The Morgan fingerprint density at radius 2 is 1.49 bits per heavy atom. The molecule has 7 nitrogen and oxygen atoms in total. The molecule has 1 saturated carbocycles. The summed E-state index contributed by atoms with van der Waals surface area (Å²) in [6.45, 7) is 1.40. The Labute approximate surface area is 285 Å². The van der Waals surface area contributed by atoms with Crippen LogP contribution in [0.15, 0.2) is 112 Å². The molecule has 0 aliphatic heterocycles. The topological polar surface area (TPSA) is 86.8 Å². The van der Waals surface area contributed by atoms with E-state index in [1.165, 1.54) is 17.0 Å². The van der Waals surface area contributed by atoms with Crippen LogP contribution in [0.5, 0.6) is 0 Å². The average Bonchev–Trinajstić information content (AvgIpc) is 3.07. The van der Waals surface area contributed by atoms with Crippen LogP contribution in [0, 0.1) is 12.7 Å². The molecule has 0 radical (unpaired) electrons. The monoisotopic (exact) mass is 719 g/mol. The minimum atomic E-state index is -4.31. The van der Waals surface area contributed by atoms with Gasteiger partial charge in [0.05, 0.1) is 10.6 Å². The van der Waals surface area contributed by atoms with Gasteiger partial charge in [0.1, 0.15) is 18.4 Å². The highest BCUT2D eigenvalue weighted by molar-refractivity contribution is 9.10. The first kappa shape index (κ1) is 34.3. The summed E-state index contributed by atoms with van der Waals surface area (Å²) in [5, 5.41) is 3.21. The number of amides is 2. The summed E-state index contributed by atoms with van der Waals surface area (Å²) in [6, 6.07) is 27.4. The number of aryl methyl sites for hydroxylation is 1. The molecule has 0 spiro atoms. The lowest BCUT2D eigenvalue weighted by atomic mass is 9.94. The third kappa shape index (κ3) is 9.08. The zero-order valence-corrected chi connectivity index (χ0v) is 28.7. The van der Waals surface area contributed by atoms with Crippen LogP contribution in [0.25, 0.3) is 0 Å². The molecule has 1 atom stereocenters. The van der Waals surface area contributed by atoms with E-state index in [0.717, 1.165) is 69.7 Å². The maximum atomic E-state index is 14.6. The molecule has 1 aliphatic carbocycles. The van der Waals surface area contributed by atoms with Crippen molar-refractivity contribution in [2.75, 3.05) is 10.8 Å². The van der Waals surface area contributed by atoms with Crippen LogP contribution in [0.1, 0.15) is 48.8 Å². The molecular weight excluding hydrogens is 681 g/mol. The third-order valence-electron chi connectivity index (χ3n) is 8.49. The van der Waals surface area contributed by atoms with E-state index in [1.54, 1.807) is 24.3 Å². The Balaban J connectivity index is 1.55. The molecule has 0 heterocycles. The maximum Gasteiger partial charge on any atom is 0.264 e. The van der Waals surface area contributed by atoms with Gasteiger partial charge in [-0.05, 0) is 79.4 Å². The zero-order chi connectivity index (χ0) is 33.4. The number of nitrogens with zero attached hydrogens (tertiary/aromatic N) is 2. The van der Waals surface area contributed by atoms with Crippen LogP contribution in [0.4, 0.5) is 10.1 Å². The van der Waals surface area contributed by atoms with E-state index in [-0.39, 0.29) is 35.5 Å². The molecule has 10 heteroatoms. The van der Waals surface area contributed by atoms with E-state index in [9.17, 15) is 22.4 Å². The summed E-state index contributed by atoms with van der Waals surface area (Å²) in [4.78, 5) is 30.1. The molecule has 4 aromatic carbocycles. The number of hydrogen-bond acceptors (Lipinski definition) is 4. The predicted octanol–water partition coefficient (Wildman–Crippen LogP) is 7.18. The molecule has 4 aromatic rings. The normalized spacial score (nSPS) is 14.3. The molecule has 1 N–H and O–H groups in total. The summed E-state index contributed by atoms with van der Waals surface area (Å²) in [7, 11) is -4.31. The summed E-state index contributed by atoms with van der Waals surface area (Å²) in [5.41, 5.74) is 2.86. The fourth-order valence-electron chi connectivity index (χ4n) is 5.86. The largest absolute Gasteiger partial charge is 0.352 e. The van der Waals surface area contributed by atoms with Gasteiger partial charge >= 0.3 is 0 Å². The number of rotatable bonds is 12. The number of halogens is 2. The predicted molar refractivity (Wildman–Crippen MR) is 186 cm³/mol. The van der Waals surface area contributed by atoms with Gasteiger partial charge in [0.15, 0.2) is 0 Å². The second kappa shape index (κ2) is 15.7. The van der Waals surface area contributed by atoms with Gasteiger partial charge in [0.2, 0.25) is 11.8 Å². The van der Waals surface area contributed by atoms with E-state index in [4.69, 9.17) is 0 Å². The molecule has 246 valence electrons. The molecule has 0 bridgehead atoms. The maximum absolute atomic E-state index is 14.6. The minimum absolute atomic E-state index is 0.0158. The van der Waals surface area contributed by atoms with Crippen LogP contribution in [-0.2, 0) is 32.6 Å². The van der Waals surface area contributed by atoms with Crippen molar-refractivity contribution >= 4 is 43.5 Å². The van der Waals surface area contributed by atoms with Crippen molar-refractivity contribution in [1.29, 1.82) is 0 Å². The molecule has 0 unspecified atom stereocenters. The van der Waals surface area contributed by atoms with Crippen LogP contribution in [0.2, 0.25) is 0 Å². The Kier molecular flexibility index (Phi) is 11.5. The molecule has 5 rings (SSSR count). The molecule has 1 fully saturated rings. The summed E-state index contributed by atoms with van der Waals surface area (Å²) < 4.78 is 43.9. The van der Waals surface area contributed by atoms with Gasteiger partial charge in [-0.1, -0.05) is 95.4 Å². The zero-order valence-electron chi connectivity index (χ0n) is 26.3. The van der Waals surface area contributed by atoms with Gasteiger partial charge in [0.25, 0.3) is 10.0 Å². The highest BCUT2D eigenvalue weighted by Gasteiger charge is 2.35. The number of nitrogens with one attached hydrogen (secondary N) is 1. The first-order valence-corrected chi connectivity index (χ1v) is 18.1. The van der Waals surface area contributed by atoms with Gasteiger partial charge in [-0.25, -0.2) is 12.8 Å². The van der Waals surface area contributed by atoms with E-state index in [1.807, 2.05) is 61.5 Å². The minimum Gasteiger partial charge on any atom is -0.352 e.